The van der Waals surface area contributed by atoms with Crippen LogP contribution in [0.4, 0.5) is 0 Å². The summed E-state index contributed by atoms with van der Waals surface area (Å²) in [4.78, 5) is 13.1. The Labute approximate surface area is 263 Å². The topological polar surface area (TPSA) is 37.1 Å². The molecule has 0 aromatic heterocycles. The van der Waals surface area contributed by atoms with Crippen LogP contribution in [0.3, 0.4) is 0 Å². The van der Waals surface area contributed by atoms with Crippen LogP contribution in [0, 0.1) is 0 Å². The number of rotatable bonds is 7. The fraction of sp³-hybridized carbons (Fsp3) is 0.0250. The minimum atomic E-state index is 0.127. The predicted octanol–water partition coefficient (Wildman–Crippen LogP) is 10.6. The highest BCUT2D eigenvalue weighted by atomic mass is 35.5. The summed E-state index contributed by atoms with van der Waals surface area (Å²) in [5.41, 5.74) is 11.1. The van der Waals surface area contributed by atoms with Gasteiger partial charge in [0.2, 0.25) is 5.29 Å². The first-order valence-corrected chi connectivity index (χ1v) is 14.8. The van der Waals surface area contributed by atoms with Crippen molar-refractivity contribution in [2.24, 2.45) is 15.0 Å². The molecule has 3 nitrogen and oxygen atoms in total. The van der Waals surface area contributed by atoms with E-state index in [0.717, 1.165) is 33.4 Å². The standard InChI is InChI=1S/C40H30ClN3/c1-42-39(34-22-20-33(21-23-34)30-13-5-2-6-14-30)44-40(41)43-28-29-12-11-19-35(24-29)38-26-36(31-15-7-3-8-16-31)25-37(27-38)32-17-9-4-10-18-32/h2-27H,1,28H2. The number of hydrogen-bond donors (Lipinski definition) is 0. The van der Waals surface area contributed by atoms with E-state index in [-0.39, 0.29) is 5.29 Å². The van der Waals surface area contributed by atoms with Crippen LogP contribution in [0.5, 0.6) is 0 Å². The summed E-state index contributed by atoms with van der Waals surface area (Å²) in [6.45, 7) is 4.08. The van der Waals surface area contributed by atoms with E-state index in [1.807, 2.05) is 54.6 Å². The first-order chi connectivity index (χ1) is 21.7. The van der Waals surface area contributed by atoms with E-state index in [9.17, 15) is 0 Å². The SMILES string of the molecule is C=NC(=NC(Cl)=NCc1cccc(-c2cc(-c3ccccc3)cc(-c3ccccc3)c2)c1)c1ccc(-c2ccccc2)cc1. The van der Waals surface area contributed by atoms with Crippen molar-refractivity contribution in [1.29, 1.82) is 0 Å². The van der Waals surface area contributed by atoms with Gasteiger partial charge in [0.1, 0.15) is 0 Å². The van der Waals surface area contributed by atoms with Gasteiger partial charge in [0.05, 0.1) is 6.54 Å². The van der Waals surface area contributed by atoms with E-state index in [0.29, 0.717) is 12.4 Å². The molecule has 0 amide bonds. The highest BCUT2D eigenvalue weighted by Crippen LogP contribution is 2.33. The Kier molecular flexibility index (Phi) is 8.96. The van der Waals surface area contributed by atoms with Gasteiger partial charge in [-0.05, 0) is 92.7 Å². The summed E-state index contributed by atoms with van der Waals surface area (Å²) in [6.07, 6.45) is 0. The molecule has 4 heteroatoms. The Bertz CT molecular complexity index is 1870. The van der Waals surface area contributed by atoms with E-state index < -0.39 is 0 Å². The van der Waals surface area contributed by atoms with Crippen LogP contribution in [0.25, 0.3) is 44.5 Å². The van der Waals surface area contributed by atoms with Crippen molar-refractivity contribution in [3.8, 4) is 44.5 Å². The fourth-order valence-corrected chi connectivity index (χ4v) is 5.29. The molecular weight excluding hydrogens is 558 g/mol. The van der Waals surface area contributed by atoms with Crippen LogP contribution in [0.15, 0.2) is 173 Å². The Morgan fingerprint density at radius 1 is 0.477 bits per heavy atom. The first-order valence-electron chi connectivity index (χ1n) is 14.4. The summed E-state index contributed by atoms with van der Waals surface area (Å²) >= 11 is 6.49. The molecule has 0 aliphatic carbocycles. The number of halogens is 1. The van der Waals surface area contributed by atoms with Gasteiger partial charge < -0.3 is 0 Å². The van der Waals surface area contributed by atoms with Crippen molar-refractivity contribution in [3.63, 3.8) is 0 Å². The van der Waals surface area contributed by atoms with Crippen LogP contribution in [0.1, 0.15) is 11.1 Å². The zero-order valence-corrected chi connectivity index (χ0v) is 24.9. The van der Waals surface area contributed by atoms with Crippen molar-refractivity contribution >= 4 is 29.4 Å². The summed E-state index contributed by atoms with van der Waals surface area (Å²) in [5, 5.41) is 0.127. The molecular formula is C40H30ClN3. The zero-order chi connectivity index (χ0) is 30.1. The van der Waals surface area contributed by atoms with Gasteiger partial charge in [-0.2, -0.15) is 4.99 Å². The smallest absolute Gasteiger partial charge is 0.220 e. The van der Waals surface area contributed by atoms with Gasteiger partial charge >= 0.3 is 0 Å². The number of nitrogens with zero attached hydrogens (tertiary/aromatic N) is 3. The second-order valence-electron chi connectivity index (χ2n) is 10.4. The van der Waals surface area contributed by atoms with E-state index in [4.69, 9.17) is 11.6 Å². The van der Waals surface area contributed by atoms with E-state index >= 15 is 0 Å². The summed E-state index contributed by atoms with van der Waals surface area (Å²) in [6, 6.07) is 54.3. The van der Waals surface area contributed by atoms with Crippen molar-refractivity contribution < 1.29 is 0 Å². The maximum Gasteiger partial charge on any atom is 0.220 e. The molecule has 0 unspecified atom stereocenters. The first kappa shape index (κ1) is 28.7. The second kappa shape index (κ2) is 13.7. The number of aliphatic imine (C=N–C) groups is 3. The molecule has 0 radical (unpaired) electrons. The molecule has 0 aliphatic heterocycles. The monoisotopic (exact) mass is 587 g/mol. The molecule has 0 heterocycles. The Morgan fingerprint density at radius 2 is 0.932 bits per heavy atom. The maximum atomic E-state index is 6.49. The molecule has 0 bridgehead atoms. The zero-order valence-electron chi connectivity index (χ0n) is 24.1. The van der Waals surface area contributed by atoms with Crippen LogP contribution in [0.2, 0.25) is 0 Å². The van der Waals surface area contributed by atoms with Crippen molar-refractivity contribution in [3.05, 3.63) is 169 Å². The lowest BCUT2D eigenvalue weighted by Gasteiger charge is -2.12. The molecule has 0 saturated carbocycles. The Balaban J connectivity index is 1.25. The highest BCUT2D eigenvalue weighted by molar-refractivity contribution is 6.65. The normalized spacial score (nSPS) is 11.8. The van der Waals surface area contributed by atoms with Gasteiger partial charge in [-0.3, -0.25) is 4.99 Å². The molecule has 6 rings (SSSR count). The average Bonchev–Trinajstić information content (AvgIpc) is 3.11. The minimum Gasteiger partial charge on any atom is -0.251 e. The van der Waals surface area contributed by atoms with Gasteiger partial charge in [-0.15, -0.1) is 0 Å². The van der Waals surface area contributed by atoms with Crippen molar-refractivity contribution in [2.45, 2.75) is 6.54 Å². The lowest BCUT2D eigenvalue weighted by atomic mass is 9.93. The molecule has 44 heavy (non-hydrogen) atoms. The second-order valence-corrected chi connectivity index (χ2v) is 10.7. The number of benzene rings is 6. The molecule has 0 aliphatic rings. The lowest BCUT2D eigenvalue weighted by molar-refractivity contribution is 1.07. The maximum absolute atomic E-state index is 6.49. The Hall–Kier alpha value is -5.38. The van der Waals surface area contributed by atoms with E-state index in [1.165, 1.54) is 22.3 Å². The van der Waals surface area contributed by atoms with E-state index in [2.05, 4.69) is 125 Å². The number of amidine groups is 2. The van der Waals surface area contributed by atoms with Gasteiger partial charge in [-0.25, -0.2) is 4.99 Å². The van der Waals surface area contributed by atoms with Crippen LogP contribution < -0.4 is 0 Å². The average molecular weight is 588 g/mol. The van der Waals surface area contributed by atoms with Gasteiger partial charge in [0, 0.05) is 5.56 Å². The van der Waals surface area contributed by atoms with Gasteiger partial charge in [0.25, 0.3) is 0 Å². The molecule has 0 spiro atoms. The number of hydrogen-bond acceptors (Lipinski definition) is 1. The fourth-order valence-electron chi connectivity index (χ4n) is 5.15. The Morgan fingerprint density at radius 3 is 1.45 bits per heavy atom. The summed E-state index contributed by atoms with van der Waals surface area (Å²) in [7, 11) is 0. The van der Waals surface area contributed by atoms with Crippen molar-refractivity contribution in [1.82, 2.24) is 0 Å². The molecule has 0 N–H and O–H groups in total. The van der Waals surface area contributed by atoms with Crippen LogP contribution >= 0.6 is 11.6 Å². The molecule has 6 aromatic rings. The molecule has 0 fully saturated rings. The predicted molar refractivity (Wildman–Crippen MR) is 188 cm³/mol. The highest BCUT2D eigenvalue weighted by Gasteiger charge is 2.09. The molecule has 0 saturated heterocycles. The largest absolute Gasteiger partial charge is 0.251 e. The third kappa shape index (κ3) is 6.97. The minimum absolute atomic E-state index is 0.127. The van der Waals surface area contributed by atoms with Gasteiger partial charge in [-0.1, -0.05) is 133 Å². The summed E-state index contributed by atoms with van der Waals surface area (Å²) < 4.78 is 0. The summed E-state index contributed by atoms with van der Waals surface area (Å²) in [5.74, 6) is 0.429. The van der Waals surface area contributed by atoms with Gasteiger partial charge in [0.15, 0.2) is 5.84 Å². The van der Waals surface area contributed by atoms with E-state index in [1.54, 1.807) is 0 Å². The lowest BCUT2D eigenvalue weighted by Crippen LogP contribution is -2.00. The van der Waals surface area contributed by atoms with Crippen LogP contribution in [-0.4, -0.2) is 17.8 Å². The quantitative estimate of drug-likeness (QED) is 0.101. The molecule has 0 atom stereocenters. The molecule has 212 valence electrons. The third-order valence-electron chi connectivity index (χ3n) is 7.40. The van der Waals surface area contributed by atoms with Crippen LogP contribution in [-0.2, 0) is 6.54 Å². The van der Waals surface area contributed by atoms with Crippen molar-refractivity contribution in [2.75, 3.05) is 0 Å². The third-order valence-corrected chi connectivity index (χ3v) is 7.60. The molecule has 6 aromatic carbocycles.